The number of nitrogens with one attached hydrogen (secondary N) is 1. The summed E-state index contributed by atoms with van der Waals surface area (Å²) in [5.74, 6) is 0. The van der Waals surface area contributed by atoms with Crippen LogP contribution in [0.4, 0.5) is 4.79 Å². The Morgan fingerprint density at radius 2 is 1.85 bits per heavy atom. The van der Waals surface area contributed by atoms with Gasteiger partial charge in [-0.25, -0.2) is 4.79 Å². The Bertz CT molecular complexity index is 793. The Morgan fingerprint density at radius 1 is 1.26 bits per heavy atom. The van der Waals surface area contributed by atoms with Gasteiger partial charge in [0.25, 0.3) is 10.1 Å². The molecule has 1 aliphatic carbocycles. The molecule has 1 amide bonds. The standard InChI is InChI=1S/C19H28ClNO5S/c1-17(2,3)26-16(22)21-13-19(14-6-5-7-15(20)12-14)10-8-18(4,9-11-19)27(23,24)25/h5-7,12H,8-11,13H2,1-4H3,(H,21,22)(H,23,24,25). The Hall–Kier alpha value is -1.31. The van der Waals surface area contributed by atoms with Gasteiger partial charge in [-0.15, -0.1) is 0 Å². The molecule has 2 N–H and O–H groups in total. The van der Waals surface area contributed by atoms with Crippen LogP contribution in [-0.4, -0.2) is 36.0 Å². The van der Waals surface area contributed by atoms with Crippen LogP contribution in [0.5, 0.6) is 0 Å². The lowest BCUT2D eigenvalue weighted by Crippen LogP contribution is -2.49. The molecule has 0 saturated heterocycles. The van der Waals surface area contributed by atoms with Crippen LogP contribution in [0.1, 0.15) is 58.9 Å². The molecule has 0 radical (unpaired) electrons. The SMILES string of the molecule is CC(C)(C)OC(=O)NCC1(c2cccc(Cl)c2)CCC(C)(S(=O)(=O)O)CC1. The second-order valence-corrected chi connectivity index (χ2v) is 10.9. The number of hydrogen-bond donors (Lipinski definition) is 2. The smallest absolute Gasteiger partial charge is 0.407 e. The monoisotopic (exact) mass is 417 g/mol. The molecule has 1 aromatic carbocycles. The van der Waals surface area contributed by atoms with Crippen molar-refractivity contribution in [2.24, 2.45) is 0 Å². The lowest BCUT2D eigenvalue weighted by atomic mass is 9.66. The molecule has 6 nitrogen and oxygen atoms in total. The van der Waals surface area contributed by atoms with Crippen LogP contribution in [0.25, 0.3) is 0 Å². The summed E-state index contributed by atoms with van der Waals surface area (Å²) in [5.41, 5.74) is -0.154. The zero-order valence-electron chi connectivity index (χ0n) is 16.2. The van der Waals surface area contributed by atoms with E-state index in [0.29, 0.717) is 24.4 Å². The first-order valence-electron chi connectivity index (χ1n) is 8.96. The largest absolute Gasteiger partial charge is 0.444 e. The van der Waals surface area contributed by atoms with Crippen molar-refractivity contribution in [1.29, 1.82) is 0 Å². The van der Waals surface area contributed by atoms with Crippen molar-refractivity contribution >= 4 is 27.8 Å². The second kappa shape index (κ2) is 7.60. The normalized spacial score (nSPS) is 26.4. The summed E-state index contributed by atoms with van der Waals surface area (Å²) in [7, 11) is -4.16. The molecule has 0 aromatic heterocycles. The number of halogens is 1. The second-order valence-electron chi connectivity index (χ2n) is 8.57. The lowest BCUT2D eigenvalue weighted by molar-refractivity contribution is 0.0505. The van der Waals surface area contributed by atoms with E-state index in [1.165, 1.54) is 0 Å². The van der Waals surface area contributed by atoms with Gasteiger partial charge in [-0.05, 0) is 71.1 Å². The fourth-order valence-electron chi connectivity index (χ4n) is 3.46. The van der Waals surface area contributed by atoms with Gasteiger partial charge in [-0.2, -0.15) is 8.42 Å². The van der Waals surface area contributed by atoms with Gasteiger partial charge in [0.2, 0.25) is 0 Å². The topological polar surface area (TPSA) is 92.7 Å². The molecule has 2 rings (SSSR count). The molecule has 0 atom stereocenters. The minimum atomic E-state index is -4.16. The Kier molecular flexibility index (Phi) is 6.19. The molecule has 0 heterocycles. The van der Waals surface area contributed by atoms with E-state index in [9.17, 15) is 17.8 Å². The molecule has 1 aromatic rings. The van der Waals surface area contributed by atoms with Crippen molar-refractivity contribution in [2.45, 2.75) is 69.1 Å². The predicted molar refractivity (Wildman–Crippen MR) is 106 cm³/mol. The van der Waals surface area contributed by atoms with Crippen LogP contribution in [0.3, 0.4) is 0 Å². The van der Waals surface area contributed by atoms with E-state index in [0.717, 1.165) is 5.56 Å². The lowest BCUT2D eigenvalue weighted by Gasteiger charge is -2.44. The van der Waals surface area contributed by atoms with E-state index in [-0.39, 0.29) is 12.8 Å². The van der Waals surface area contributed by atoms with Crippen molar-refractivity contribution in [3.8, 4) is 0 Å². The molecule has 152 valence electrons. The first-order chi connectivity index (χ1) is 12.3. The number of alkyl carbamates (subject to hydrolysis) is 1. The maximum atomic E-state index is 12.1. The van der Waals surface area contributed by atoms with Gasteiger partial charge < -0.3 is 10.1 Å². The van der Waals surface area contributed by atoms with Gasteiger partial charge in [-0.3, -0.25) is 4.55 Å². The van der Waals surface area contributed by atoms with Crippen LogP contribution >= 0.6 is 11.6 Å². The molecule has 0 bridgehead atoms. The number of carbonyl (C=O) groups is 1. The molecule has 1 fully saturated rings. The van der Waals surface area contributed by atoms with Crippen molar-refractivity contribution in [1.82, 2.24) is 5.32 Å². The highest BCUT2D eigenvalue weighted by atomic mass is 35.5. The quantitative estimate of drug-likeness (QED) is 0.711. The van der Waals surface area contributed by atoms with E-state index in [4.69, 9.17) is 16.3 Å². The number of rotatable bonds is 4. The number of carbonyl (C=O) groups excluding carboxylic acids is 1. The Morgan fingerprint density at radius 3 is 2.33 bits per heavy atom. The van der Waals surface area contributed by atoms with Gasteiger partial charge in [0.05, 0.1) is 4.75 Å². The molecule has 27 heavy (non-hydrogen) atoms. The van der Waals surface area contributed by atoms with E-state index in [1.807, 2.05) is 18.2 Å². The number of hydrogen-bond acceptors (Lipinski definition) is 4. The third kappa shape index (κ3) is 5.36. The third-order valence-electron chi connectivity index (χ3n) is 5.29. The summed E-state index contributed by atoms with van der Waals surface area (Å²) in [5, 5.41) is 3.39. The summed E-state index contributed by atoms with van der Waals surface area (Å²) in [6.45, 7) is 7.22. The fraction of sp³-hybridized carbons (Fsp3) is 0.632. The highest BCUT2D eigenvalue weighted by Gasteiger charge is 2.47. The van der Waals surface area contributed by atoms with Gasteiger partial charge in [0.1, 0.15) is 5.60 Å². The minimum absolute atomic E-state index is 0.286. The molecule has 0 aliphatic heterocycles. The van der Waals surface area contributed by atoms with Crippen molar-refractivity contribution in [2.75, 3.05) is 6.54 Å². The maximum absolute atomic E-state index is 12.1. The third-order valence-corrected chi connectivity index (χ3v) is 7.18. The average molecular weight is 418 g/mol. The number of amides is 1. The van der Waals surface area contributed by atoms with Crippen LogP contribution in [0.15, 0.2) is 24.3 Å². The van der Waals surface area contributed by atoms with Crippen LogP contribution in [0.2, 0.25) is 5.02 Å². The van der Waals surface area contributed by atoms with E-state index >= 15 is 0 Å². The Balaban J connectivity index is 2.25. The summed E-state index contributed by atoms with van der Waals surface area (Å²) in [6, 6.07) is 7.38. The first-order valence-corrected chi connectivity index (χ1v) is 10.8. The van der Waals surface area contributed by atoms with E-state index in [1.54, 1.807) is 33.8 Å². The van der Waals surface area contributed by atoms with Crippen molar-refractivity contribution < 1.29 is 22.5 Å². The number of benzene rings is 1. The molecule has 8 heteroatoms. The molecule has 1 aliphatic rings. The average Bonchev–Trinajstić information content (AvgIpc) is 2.52. The fourth-order valence-corrected chi connectivity index (χ4v) is 4.37. The molecule has 0 unspecified atom stereocenters. The maximum Gasteiger partial charge on any atom is 0.407 e. The Labute approximate surface area is 166 Å². The molecule has 1 saturated carbocycles. The van der Waals surface area contributed by atoms with Gasteiger partial charge in [0.15, 0.2) is 0 Å². The predicted octanol–water partition coefficient (Wildman–Crippen LogP) is 4.32. The van der Waals surface area contributed by atoms with Crippen LogP contribution in [-0.2, 0) is 20.3 Å². The summed E-state index contributed by atoms with van der Waals surface area (Å²) < 4.78 is 37.3. The highest BCUT2D eigenvalue weighted by molar-refractivity contribution is 7.87. The van der Waals surface area contributed by atoms with Gasteiger partial charge in [-0.1, -0.05) is 23.7 Å². The first kappa shape index (κ1) is 22.0. The summed E-state index contributed by atoms with van der Waals surface area (Å²) >= 11 is 6.16. The van der Waals surface area contributed by atoms with Gasteiger partial charge in [0, 0.05) is 17.0 Å². The summed E-state index contributed by atoms with van der Waals surface area (Å²) in [4.78, 5) is 12.1. The van der Waals surface area contributed by atoms with E-state index < -0.39 is 32.0 Å². The number of ether oxygens (including phenoxy) is 1. The van der Waals surface area contributed by atoms with Crippen LogP contribution < -0.4 is 5.32 Å². The molecular weight excluding hydrogens is 390 g/mol. The zero-order valence-corrected chi connectivity index (χ0v) is 17.8. The van der Waals surface area contributed by atoms with E-state index in [2.05, 4.69) is 5.32 Å². The van der Waals surface area contributed by atoms with Crippen molar-refractivity contribution in [3.05, 3.63) is 34.9 Å². The zero-order chi connectivity index (χ0) is 20.5. The van der Waals surface area contributed by atoms with Gasteiger partial charge >= 0.3 is 6.09 Å². The molecular formula is C19H28ClNO5S. The van der Waals surface area contributed by atoms with Crippen LogP contribution in [0, 0.1) is 0 Å². The summed E-state index contributed by atoms with van der Waals surface area (Å²) in [6.07, 6.45) is 1.02. The molecule has 0 spiro atoms. The highest BCUT2D eigenvalue weighted by Crippen LogP contribution is 2.46. The van der Waals surface area contributed by atoms with Crippen molar-refractivity contribution in [3.63, 3.8) is 0 Å². The minimum Gasteiger partial charge on any atom is -0.444 e.